The summed E-state index contributed by atoms with van der Waals surface area (Å²) in [6.07, 6.45) is 4.23. The largest absolute Gasteiger partial charge is 0.370 e. The number of nitrogens with one attached hydrogen (secondary N) is 1. The Kier molecular flexibility index (Phi) is 4.20. The first kappa shape index (κ1) is 15.7. The Labute approximate surface area is 135 Å². The molecule has 1 aliphatic rings. The molecule has 0 aliphatic carbocycles. The molecule has 120 valence electrons. The molecule has 0 spiro atoms. The van der Waals surface area contributed by atoms with E-state index in [1.54, 1.807) is 6.20 Å². The van der Waals surface area contributed by atoms with Crippen molar-refractivity contribution in [3.8, 4) is 6.07 Å². The van der Waals surface area contributed by atoms with Gasteiger partial charge in [-0.25, -0.2) is 13.1 Å². The predicted octanol–water partition coefficient (Wildman–Crippen LogP) is 1.62. The molecule has 0 radical (unpaired) electrons. The van der Waals surface area contributed by atoms with Gasteiger partial charge in [-0.05, 0) is 18.9 Å². The van der Waals surface area contributed by atoms with Gasteiger partial charge in [-0.15, -0.1) is 0 Å². The van der Waals surface area contributed by atoms with Crippen LogP contribution in [0.1, 0.15) is 18.4 Å². The number of hydrogen-bond donors (Lipinski definition) is 1. The van der Waals surface area contributed by atoms with Gasteiger partial charge in [-0.1, -0.05) is 18.2 Å². The lowest BCUT2D eigenvalue weighted by atomic mass is 10.0. The quantitative estimate of drug-likeness (QED) is 0.924. The van der Waals surface area contributed by atoms with Crippen LogP contribution in [-0.2, 0) is 10.0 Å². The molecule has 0 saturated carbocycles. The van der Waals surface area contributed by atoms with Gasteiger partial charge in [0, 0.05) is 30.7 Å². The Morgan fingerprint density at radius 1 is 1.30 bits per heavy atom. The first-order valence-corrected chi connectivity index (χ1v) is 9.37. The molecule has 6 nitrogen and oxygen atoms in total. The fraction of sp³-hybridized carbons (Fsp3) is 0.375. The first-order valence-electron chi connectivity index (χ1n) is 7.48. The smallest absolute Gasteiger partial charge is 0.208 e. The van der Waals surface area contributed by atoms with Crippen molar-refractivity contribution in [2.24, 2.45) is 0 Å². The zero-order chi connectivity index (χ0) is 16.4. The van der Waals surface area contributed by atoms with E-state index in [9.17, 15) is 13.7 Å². The number of para-hydroxylation sites is 1. The summed E-state index contributed by atoms with van der Waals surface area (Å²) in [7, 11) is -3.18. The number of nitrogens with zero attached hydrogens (tertiary/aromatic N) is 3. The number of nitriles is 1. The van der Waals surface area contributed by atoms with Crippen molar-refractivity contribution in [3.05, 3.63) is 36.0 Å². The van der Waals surface area contributed by atoms with Gasteiger partial charge in [0.25, 0.3) is 0 Å². The second kappa shape index (κ2) is 6.14. The standard InChI is InChI=1S/C16H18N4O2S/c1-23(21,22)19-13-6-8-20(9-7-13)16-12(10-17)11-18-15-5-3-2-4-14(15)16/h2-5,11,13,19H,6-9H2,1H3. The van der Waals surface area contributed by atoms with E-state index in [2.05, 4.69) is 20.7 Å². The molecule has 7 heteroatoms. The van der Waals surface area contributed by atoms with E-state index < -0.39 is 10.0 Å². The fourth-order valence-electron chi connectivity index (χ4n) is 3.07. The summed E-state index contributed by atoms with van der Waals surface area (Å²) in [5.74, 6) is 0. The van der Waals surface area contributed by atoms with E-state index in [1.165, 1.54) is 6.26 Å². The van der Waals surface area contributed by atoms with Gasteiger partial charge in [0.15, 0.2) is 0 Å². The number of fused-ring (bicyclic) bond motifs is 1. The molecule has 0 amide bonds. The van der Waals surface area contributed by atoms with E-state index >= 15 is 0 Å². The van der Waals surface area contributed by atoms with Crippen molar-refractivity contribution < 1.29 is 8.42 Å². The number of piperidine rings is 1. The Bertz CT molecular complexity index is 865. The third kappa shape index (κ3) is 3.44. The predicted molar refractivity (Wildman–Crippen MR) is 89.7 cm³/mol. The highest BCUT2D eigenvalue weighted by Gasteiger charge is 2.24. The van der Waals surface area contributed by atoms with Crippen molar-refractivity contribution in [2.75, 3.05) is 24.2 Å². The number of rotatable bonds is 3. The Hall–Kier alpha value is -2.17. The second-order valence-electron chi connectivity index (χ2n) is 5.80. The Balaban J connectivity index is 1.89. The minimum Gasteiger partial charge on any atom is -0.370 e. The van der Waals surface area contributed by atoms with Gasteiger partial charge < -0.3 is 4.90 Å². The molecule has 1 N–H and O–H groups in total. The average Bonchev–Trinajstić information content (AvgIpc) is 2.53. The number of aromatic nitrogens is 1. The van der Waals surface area contributed by atoms with Crippen LogP contribution in [0.2, 0.25) is 0 Å². The molecule has 1 aromatic carbocycles. The third-order valence-corrected chi connectivity index (χ3v) is 4.82. The summed E-state index contributed by atoms with van der Waals surface area (Å²) in [5.41, 5.74) is 2.31. The summed E-state index contributed by atoms with van der Waals surface area (Å²) in [4.78, 5) is 6.49. The molecule has 1 aliphatic heterocycles. The Morgan fingerprint density at radius 3 is 2.65 bits per heavy atom. The summed E-state index contributed by atoms with van der Waals surface area (Å²) < 4.78 is 25.4. The number of benzene rings is 1. The maximum atomic E-state index is 11.4. The molecule has 0 bridgehead atoms. The zero-order valence-corrected chi connectivity index (χ0v) is 13.7. The van der Waals surface area contributed by atoms with Gasteiger partial charge in [0.05, 0.1) is 23.0 Å². The van der Waals surface area contributed by atoms with Crippen LogP contribution in [0.4, 0.5) is 5.69 Å². The lowest BCUT2D eigenvalue weighted by Crippen LogP contribution is -2.44. The normalized spacial score (nSPS) is 16.4. The van der Waals surface area contributed by atoms with Crippen LogP contribution >= 0.6 is 0 Å². The van der Waals surface area contributed by atoms with Gasteiger partial charge in [-0.3, -0.25) is 4.98 Å². The number of sulfonamides is 1. The number of hydrogen-bond acceptors (Lipinski definition) is 5. The molecule has 0 atom stereocenters. The van der Waals surface area contributed by atoms with Crippen LogP contribution in [0.15, 0.2) is 30.5 Å². The lowest BCUT2D eigenvalue weighted by molar-refractivity contribution is 0.462. The first-order chi connectivity index (χ1) is 11.0. The topological polar surface area (TPSA) is 86.1 Å². The van der Waals surface area contributed by atoms with E-state index in [4.69, 9.17) is 0 Å². The van der Waals surface area contributed by atoms with Crippen molar-refractivity contribution in [1.82, 2.24) is 9.71 Å². The lowest BCUT2D eigenvalue weighted by Gasteiger charge is -2.34. The van der Waals surface area contributed by atoms with Gasteiger partial charge in [-0.2, -0.15) is 5.26 Å². The third-order valence-electron chi connectivity index (χ3n) is 4.06. The molecular formula is C16H18N4O2S. The summed E-state index contributed by atoms with van der Waals surface area (Å²) >= 11 is 0. The highest BCUT2D eigenvalue weighted by molar-refractivity contribution is 7.88. The van der Waals surface area contributed by atoms with Crippen LogP contribution < -0.4 is 9.62 Å². The molecule has 1 saturated heterocycles. The van der Waals surface area contributed by atoms with E-state index in [0.717, 1.165) is 16.6 Å². The molecule has 1 aromatic heterocycles. The van der Waals surface area contributed by atoms with Crippen LogP contribution in [0.3, 0.4) is 0 Å². The molecule has 3 rings (SSSR count). The molecule has 2 aromatic rings. The van der Waals surface area contributed by atoms with Crippen LogP contribution in [0.25, 0.3) is 10.9 Å². The SMILES string of the molecule is CS(=O)(=O)NC1CCN(c2c(C#N)cnc3ccccc23)CC1. The molecule has 2 heterocycles. The molecule has 23 heavy (non-hydrogen) atoms. The van der Waals surface area contributed by atoms with Crippen molar-refractivity contribution in [1.29, 1.82) is 5.26 Å². The maximum absolute atomic E-state index is 11.4. The molecule has 1 fully saturated rings. The summed E-state index contributed by atoms with van der Waals surface area (Å²) in [6.45, 7) is 1.41. The maximum Gasteiger partial charge on any atom is 0.208 e. The van der Waals surface area contributed by atoms with E-state index in [-0.39, 0.29) is 6.04 Å². The Morgan fingerprint density at radius 2 is 2.00 bits per heavy atom. The average molecular weight is 330 g/mol. The van der Waals surface area contributed by atoms with Crippen LogP contribution in [-0.4, -0.2) is 38.8 Å². The van der Waals surface area contributed by atoms with Gasteiger partial charge in [0.2, 0.25) is 10.0 Å². The minimum absolute atomic E-state index is 0.0418. The van der Waals surface area contributed by atoms with E-state index in [0.29, 0.717) is 31.5 Å². The highest BCUT2D eigenvalue weighted by atomic mass is 32.2. The number of anilines is 1. The summed E-state index contributed by atoms with van der Waals surface area (Å²) in [5, 5.41) is 10.4. The molecular weight excluding hydrogens is 312 g/mol. The van der Waals surface area contributed by atoms with Crippen LogP contribution in [0.5, 0.6) is 0 Å². The van der Waals surface area contributed by atoms with Gasteiger partial charge in [0.1, 0.15) is 6.07 Å². The van der Waals surface area contributed by atoms with Crippen molar-refractivity contribution in [2.45, 2.75) is 18.9 Å². The summed E-state index contributed by atoms with van der Waals surface area (Å²) in [6, 6.07) is 9.94. The van der Waals surface area contributed by atoms with Gasteiger partial charge >= 0.3 is 0 Å². The zero-order valence-electron chi connectivity index (χ0n) is 12.9. The monoisotopic (exact) mass is 330 g/mol. The molecule has 0 unspecified atom stereocenters. The fourth-order valence-corrected chi connectivity index (χ4v) is 3.91. The minimum atomic E-state index is -3.18. The highest BCUT2D eigenvalue weighted by Crippen LogP contribution is 2.31. The van der Waals surface area contributed by atoms with Crippen molar-refractivity contribution >= 4 is 26.6 Å². The second-order valence-corrected chi connectivity index (χ2v) is 7.58. The number of pyridine rings is 1. The van der Waals surface area contributed by atoms with E-state index in [1.807, 2.05) is 24.3 Å². The van der Waals surface area contributed by atoms with Crippen molar-refractivity contribution in [3.63, 3.8) is 0 Å². The van der Waals surface area contributed by atoms with Crippen LogP contribution in [0, 0.1) is 11.3 Å².